The van der Waals surface area contributed by atoms with Gasteiger partial charge in [-0.05, 0) is 37.1 Å². The Balaban J connectivity index is 2.13. The number of rotatable bonds is 5. The number of ether oxygens (including phenoxy) is 1. The van der Waals surface area contributed by atoms with Gasteiger partial charge in [0.05, 0.1) is 11.3 Å². The predicted molar refractivity (Wildman–Crippen MR) is 86.0 cm³/mol. The van der Waals surface area contributed by atoms with Gasteiger partial charge in [-0.25, -0.2) is 0 Å². The van der Waals surface area contributed by atoms with E-state index < -0.39 is 23.8 Å². The summed E-state index contributed by atoms with van der Waals surface area (Å²) in [5, 5.41) is 2.29. The molecule has 3 nitrogen and oxygen atoms in total. The fourth-order valence-corrected chi connectivity index (χ4v) is 2.23. The van der Waals surface area contributed by atoms with Crippen molar-refractivity contribution in [1.29, 1.82) is 0 Å². The summed E-state index contributed by atoms with van der Waals surface area (Å²) in [5.41, 5.74) is -0.249. The highest BCUT2D eigenvalue weighted by atomic mass is 19.4. The zero-order chi connectivity index (χ0) is 17.7. The normalized spacial score (nSPS) is 12.5. The molecule has 0 radical (unpaired) electrons. The lowest BCUT2D eigenvalue weighted by atomic mass is 10.1. The number of benzene rings is 2. The van der Waals surface area contributed by atoms with E-state index in [0.29, 0.717) is 5.75 Å². The number of para-hydroxylation sites is 2. The van der Waals surface area contributed by atoms with Crippen LogP contribution in [0.5, 0.6) is 5.75 Å². The van der Waals surface area contributed by atoms with Crippen molar-refractivity contribution in [1.82, 2.24) is 0 Å². The number of anilines is 1. The average molecular weight is 337 g/mol. The molecule has 1 amide bonds. The van der Waals surface area contributed by atoms with E-state index >= 15 is 0 Å². The number of aryl methyl sites for hydroxylation is 1. The van der Waals surface area contributed by atoms with Crippen LogP contribution in [0.4, 0.5) is 18.9 Å². The second kappa shape index (κ2) is 7.38. The lowest BCUT2D eigenvalue weighted by Crippen LogP contribution is -2.31. The van der Waals surface area contributed by atoms with E-state index in [4.69, 9.17) is 4.74 Å². The number of amides is 1. The molecule has 0 aliphatic rings. The van der Waals surface area contributed by atoms with E-state index in [1.807, 2.05) is 19.1 Å². The van der Waals surface area contributed by atoms with Crippen LogP contribution in [0.3, 0.4) is 0 Å². The minimum atomic E-state index is -4.54. The van der Waals surface area contributed by atoms with E-state index in [9.17, 15) is 18.0 Å². The summed E-state index contributed by atoms with van der Waals surface area (Å²) in [6.45, 7) is 3.45. The molecule has 0 fully saturated rings. The van der Waals surface area contributed by atoms with Crippen LogP contribution in [0.15, 0.2) is 48.5 Å². The van der Waals surface area contributed by atoms with Gasteiger partial charge in [0.2, 0.25) is 0 Å². The molecule has 0 bridgehead atoms. The molecule has 24 heavy (non-hydrogen) atoms. The zero-order valence-electron chi connectivity index (χ0n) is 13.4. The third-order valence-corrected chi connectivity index (χ3v) is 3.52. The van der Waals surface area contributed by atoms with Crippen molar-refractivity contribution in [3.8, 4) is 5.75 Å². The number of hydrogen-bond acceptors (Lipinski definition) is 2. The van der Waals surface area contributed by atoms with Gasteiger partial charge >= 0.3 is 6.18 Å². The Labute approximate surface area is 138 Å². The minimum Gasteiger partial charge on any atom is -0.481 e. The summed E-state index contributed by atoms with van der Waals surface area (Å²) < 4.78 is 44.5. The maximum atomic E-state index is 13.0. The fourth-order valence-electron chi connectivity index (χ4n) is 2.23. The monoisotopic (exact) mass is 337 g/mol. The lowest BCUT2D eigenvalue weighted by molar-refractivity contribution is -0.137. The predicted octanol–water partition coefficient (Wildman–Crippen LogP) is 4.67. The Morgan fingerprint density at radius 2 is 1.75 bits per heavy atom. The SMILES string of the molecule is CCc1ccccc1OC(C)C(=O)Nc1ccccc1C(F)(F)F. The summed E-state index contributed by atoms with van der Waals surface area (Å²) in [7, 11) is 0. The molecular formula is C18H18F3NO2. The highest BCUT2D eigenvalue weighted by molar-refractivity contribution is 5.94. The van der Waals surface area contributed by atoms with Crippen LogP contribution in [0.2, 0.25) is 0 Å². The summed E-state index contributed by atoms with van der Waals surface area (Å²) in [6, 6.07) is 12.1. The van der Waals surface area contributed by atoms with Crippen molar-refractivity contribution in [2.75, 3.05) is 5.32 Å². The first kappa shape index (κ1) is 17.8. The lowest BCUT2D eigenvalue weighted by Gasteiger charge is -2.18. The van der Waals surface area contributed by atoms with Gasteiger partial charge in [-0.2, -0.15) is 13.2 Å². The highest BCUT2D eigenvalue weighted by Crippen LogP contribution is 2.34. The number of hydrogen-bond donors (Lipinski definition) is 1. The number of alkyl halides is 3. The molecule has 1 unspecified atom stereocenters. The highest BCUT2D eigenvalue weighted by Gasteiger charge is 2.34. The second-order valence-electron chi connectivity index (χ2n) is 5.25. The summed E-state index contributed by atoms with van der Waals surface area (Å²) in [6.07, 6.45) is -4.75. The molecule has 0 spiro atoms. The number of halogens is 3. The van der Waals surface area contributed by atoms with Crippen molar-refractivity contribution in [3.63, 3.8) is 0 Å². The van der Waals surface area contributed by atoms with Gasteiger partial charge in [-0.15, -0.1) is 0 Å². The molecule has 2 aromatic carbocycles. The largest absolute Gasteiger partial charge is 0.481 e. The molecule has 2 rings (SSSR count). The molecule has 1 atom stereocenters. The summed E-state index contributed by atoms with van der Waals surface area (Å²) in [5.74, 6) is -0.0932. The van der Waals surface area contributed by atoms with Gasteiger partial charge in [-0.1, -0.05) is 37.3 Å². The molecule has 1 N–H and O–H groups in total. The van der Waals surface area contributed by atoms with Crippen molar-refractivity contribution in [2.24, 2.45) is 0 Å². The topological polar surface area (TPSA) is 38.3 Å². The van der Waals surface area contributed by atoms with Crippen LogP contribution < -0.4 is 10.1 Å². The molecule has 2 aromatic rings. The van der Waals surface area contributed by atoms with Gasteiger partial charge < -0.3 is 10.1 Å². The zero-order valence-corrected chi connectivity index (χ0v) is 13.4. The molecule has 0 saturated carbocycles. The number of carbonyl (C=O) groups is 1. The van der Waals surface area contributed by atoms with E-state index in [2.05, 4.69) is 5.32 Å². The first-order valence-corrected chi connectivity index (χ1v) is 7.54. The number of nitrogens with one attached hydrogen (secondary N) is 1. The molecular weight excluding hydrogens is 319 g/mol. The van der Waals surface area contributed by atoms with Crippen LogP contribution in [-0.4, -0.2) is 12.0 Å². The smallest absolute Gasteiger partial charge is 0.418 e. The van der Waals surface area contributed by atoms with Gasteiger partial charge in [0.25, 0.3) is 5.91 Å². The van der Waals surface area contributed by atoms with Crippen molar-refractivity contribution >= 4 is 11.6 Å². The van der Waals surface area contributed by atoms with Gasteiger partial charge in [-0.3, -0.25) is 4.79 Å². The maximum Gasteiger partial charge on any atom is 0.418 e. The van der Waals surface area contributed by atoms with Crippen LogP contribution in [0, 0.1) is 0 Å². The van der Waals surface area contributed by atoms with Crippen LogP contribution in [0.1, 0.15) is 25.0 Å². The molecule has 0 aromatic heterocycles. The molecule has 0 heterocycles. The molecule has 0 aliphatic heterocycles. The van der Waals surface area contributed by atoms with Gasteiger partial charge in [0, 0.05) is 0 Å². The number of carbonyl (C=O) groups excluding carboxylic acids is 1. The van der Waals surface area contributed by atoms with Crippen molar-refractivity contribution in [2.45, 2.75) is 32.5 Å². The first-order valence-electron chi connectivity index (χ1n) is 7.54. The molecule has 128 valence electrons. The summed E-state index contributed by atoms with van der Waals surface area (Å²) in [4.78, 5) is 12.2. The third kappa shape index (κ3) is 4.28. The quantitative estimate of drug-likeness (QED) is 0.861. The maximum absolute atomic E-state index is 13.0. The van der Waals surface area contributed by atoms with Crippen molar-refractivity contribution < 1.29 is 22.7 Å². The third-order valence-electron chi connectivity index (χ3n) is 3.52. The second-order valence-corrected chi connectivity index (χ2v) is 5.25. The Morgan fingerprint density at radius 3 is 2.42 bits per heavy atom. The van der Waals surface area contributed by atoms with Gasteiger partial charge in [0.15, 0.2) is 6.10 Å². The standard InChI is InChI=1S/C18H18F3NO2/c1-3-13-8-4-7-11-16(13)24-12(2)17(23)22-15-10-6-5-9-14(15)18(19,20)21/h4-12H,3H2,1-2H3,(H,22,23). The van der Waals surface area contributed by atoms with E-state index in [1.165, 1.54) is 25.1 Å². The van der Waals surface area contributed by atoms with Crippen LogP contribution in [0.25, 0.3) is 0 Å². The first-order chi connectivity index (χ1) is 11.3. The van der Waals surface area contributed by atoms with Gasteiger partial charge in [0.1, 0.15) is 5.75 Å². The van der Waals surface area contributed by atoms with E-state index in [-0.39, 0.29) is 5.69 Å². The van der Waals surface area contributed by atoms with E-state index in [0.717, 1.165) is 18.1 Å². The molecule has 0 saturated heterocycles. The fraction of sp³-hybridized carbons (Fsp3) is 0.278. The Morgan fingerprint density at radius 1 is 1.12 bits per heavy atom. The van der Waals surface area contributed by atoms with Crippen molar-refractivity contribution in [3.05, 3.63) is 59.7 Å². The minimum absolute atomic E-state index is 0.283. The average Bonchev–Trinajstić information content (AvgIpc) is 2.54. The Kier molecular flexibility index (Phi) is 5.49. The van der Waals surface area contributed by atoms with Crippen LogP contribution >= 0.6 is 0 Å². The van der Waals surface area contributed by atoms with E-state index in [1.54, 1.807) is 12.1 Å². The Hall–Kier alpha value is -2.50. The molecule has 6 heteroatoms. The molecule has 0 aliphatic carbocycles. The van der Waals surface area contributed by atoms with Crippen LogP contribution in [-0.2, 0) is 17.4 Å². The summed E-state index contributed by atoms with van der Waals surface area (Å²) >= 11 is 0. The Bertz CT molecular complexity index is 713.